The summed E-state index contributed by atoms with van der Waals surface area (Å²) in [5, 5.41) is 11.7. The predicted octanol–water partition coefficient (Wildman–Crippen LogP) is 3.31. The van der Waals surface area contributed by atoms with Crippen molar-refractivity contribution < 1.29 is 9.90 Å². The number of carboxylic acids is 1. The maximum atomic E-state index is 11.7. The van der Waals surface area contributed by atoms with Crippen LogP contribution < -0.4 is 0 Å². The van der Waals surface area contributed by atoms with Crippen LogP contribution in [0.25, 0.3) is 0 Å². The molecule has 3 nitrogen and oxygen atoms in total. The maximum Gasteiger partial charge on any atom is 0.325 e. The minimum Gasteiger partial charge on any atom is -0.480 e. The molecule has 1 aromatic heterocycles. The first-order valence-electron chi connectivity index (χ1n) is 7.27. The van der Waals surface area contributed by atoms with Gasteiger partial charge in [-0.25, -0.2) is 0 Å². The number of carbonyl (C=O) groups is 1. The zero-order chi connectivity index (χ0) is 13.4. The van der Waals surface area contributed by atoms with Gasteiger partial charge in [0.05, 0.1) is 0 Å². The second-order valence-electron chi connectivity index (χ2n) is 5.69. The van der Waals surface area contributed by atoms with Crippen LogP contribution in [0, 0.1) is 5.92 Å². The van der Waals surface area contributed by atoms with Crippen molar-refractivity contribution in [3.63, 3.8) is 0 Å². The van der Waals surface area contributed by atoms with E-state index in [1.54, 1.807) is 11.3 Å². The van der Waals surface area contributed by atoms with Gasteiger partial charge in [0, 0.05) is 17.5 Å². The summed E-state index contributed by atoms with van der Waals surface area (Å²) in [5.74, 6) is 0.00291. The molecule has 19 heavy (non-hydrogen) atoms. The Balaban J connectivity index is 1.91. The minimum absolute atomic E-state index is 0.410. The van der Waals surface area contributed by atoms with Crippen molar-refractivity contribution in [1.29, 1.82) is 0 Å². The Morgan fingerprint density at radius 3 is 3.11 bits per heavy atom. The molecule has 1 fully saturated rings. The summed E-state index contributed by atoms with van der Waals surface area (Å²) in [6, 6.07) is 2.08. The molecule has 104 valence electrons. The fraction of sp³-hybridized carbons (Fsp3) is 0.667. The molecular formula is C15H21NO2S. The Hall–Kier alpha value is -0.870. The molecular weight excluding hydrogens is 258 g/mol. The highest BCUT2D eigenvalue weighted by atomic mass is 32.1. The summed E-state index contributed by atoms with van der Waals surface area (Å²) in [5.41, 5.74) is 1.05. The minimum atomic E-state index is -0.680. The van der Waals surface area contributed by atoms with Gasteiger partial charge in [-0.3, -0.25) is 9.69 Å². The van der Waals surface area contributed by atoms with Crippen molar-refractivity contribution in [2.75, 3.05) is 6.54 Å². The van der Waals surface area contributed by atoms with E-state index in [1.807, 2.05) is 11.4 Å². The zero-order valence-electron chi connectivity index (χ0n) is 11.3. The normalized spacial score (nSPS) is 31.3. The van der Waals surface area contributed by atoms with Crippen LogP contribution in [0.2, 0.25) is 0 Å². The van der Waals surface area contributed by atoms with Crippen molar-refractivity contribution in [3.8, 4) is 0 Å². The van der Waals surface area contributed by atoms with Gasteiger partial charge in [0.2, 0.25) is 0 Å². The lowest BCUT2D eigenvalue weighted by Crippen LogP contribution is -2.46. The highest BCUT2D eigenvalue weighted by Crippen LogP contribution is 2.41. The second-order valence-corrected chi connectivity index (χ2v) is 6.69. The van der Waals surface area contributed by atoms with E-state index >= 15 is 0 Å². The molecule has 0 spiro atoms. The molecule has 2 aliphatic rings. The van der Waals surface area contributed by atoms with Crippen molar-refractivity contribution in [2.24, 2.45) is 5.92 Å². The van der Waals surface area contributed by atoms with Crippen LogP contribution in [0.3, 0.4) is 0 Å². The molecule has 3 unspecified atom stereocenters. The number of carboxylic acid groups (broad SMARTS) is 1. The SMILES string of the molecule is CCC1CCCC1N1CCc2sccc2C1C(=O)O. The Bertz CT molecular complexity index is 470. The summed E-state index contributed by atoms with van der Waals surface area (Å²) in [7, 11) is 0. The largest absolute Gasteiger partial charge is 0.480 e. The molecule has 0 aromatic carbocycles. The fourth-order valence-electron chi connectivity index (χ4n) is 3.90. The lowest BCUT2D eigenvalue weighted by atomic mass is 9.92. The number of hydrogen-bond donors (Lipinski definition) is 1. The van der Waals surface area contributed by atoms with E-state index in [-0.39, 0.29) is 0 Å². The molecule has 1 aliphatic carbocycles. The van der Waals surface area contributed by atoms with E-state index in [2.05, 4.69) is 11.8 Å². The topological polar surface area (TPSA) is 40.5 Å². The van der Waals surface area contributed by atoms with Crippen LogP contribution in [0.5, 0.6) is 0 Å². The lowest BCUT2D eigenvalue weighted by molar-refractivity contribution is -0.145. The van der Waals surface area contributed by atoms with Crippen molar-refractivity contribution in [2.45, 2.75) is 51.1 Å². The molecule has 0 radical (unpaired) electrons. The standard InChI is InChI=1S/C15H21NO2S/c1-2-10-4-3-5-12(10)16-8-6-13-11(7-9-19-13)14(16)15(17)18/h7,9-10,12,14H,2-6,8H2,1H3,(H,17,18). The zero-order valence-corrected chi connectivity index (χ0v) is 12.2. The van der Waals surface area contributed by atoms with Gasteiger partial charge in [0.1, 0.15) is 6.04 Å². The lowest BCUT2D eigenvalue weighted by Gasteiger charge is -2.40. The third-order valence-electron chi connectivity index (χ3n) is 4.81. The molecule has 4 heteroatoms. The van der Waals surface area contributed by atoms with E-state index in [0.29, 0.717) is 12.0 Å². The Morgan fingerprint density at radius 2 is 2.37 bits per heavy atom. The quantitative estimate of drug-likeness (QED) is 0.923. The van der Waals surface area contributed by atoms with Crippen LogP contribution in [0.4, 0.5) is 0 Å². The molecule has 1 aromatic rings. The third kappa shape index (κ3) is 2.21. The van der Waals surface area contributed by atoms with E-state index in [0.717, 1.165) is 18.5 Å². The number of aliphatic carboxylic acids is 1. The molecule has 1 saturated carbocycles. The van der Waals surface area contributed by atoms with Gasteiger partial charge in [-0.15, -0.1) is 11.3 Å². The van der Waals surface area contributed by atoms with E-state index < -0.39 is 12.0 Å². The smallest absolute Gasteiger partial charge is 0.325 e. The van der Waals surface area contributed by atoms with Crippen LogP contribution in [-0.2, 0) is 11.2 Å². The molecule has 1 N–H and O–H groups in total. The summed E-state index contributed by atoms with van der Waals surface area (Å²) in [4.78, 5) is 15.3. The summed E-state index contributed by atoms with van der Waals surface area (Å²) >= 11 is 1.71. The predicted molar refractivity (Wildman–Crippen MR) is 76.5 cm³/mol. The Labute approximate surface area is 118 Å². The van der Waals surface area contributed by atoms with E-state index in [9.17, 15) is 9.90 Å². The van der Waals surface area contributed by atoms with E-state index in [1.165, 1.54) is 30.6 Å². The summed E-state index contributed by atoms with van der Waals surface area (Å²) in [6.45, 7) is 3.14. The van der Waals surface area contributed by atoms with Crippen LogP contribution in [0.1, 0.15) is 49.1 Å². The molecule has 3 rings (SSSR count). The summed E-state index contributed by atoms with van der Waals surface area (Å²) in [6.07, 6.45) is 5.87. The Kier molecular flexibility index (Phi) is 3.63. The van der Waals surface area contributed by atoms with Crippen LogP contribution >= 0.6 is 11.3 Å². The highest BCUT2D eigenvalue weighted by Gasteiger charge is 2.41. The third-order valence-corrected chi connectivity index (χ3v) is 5.80. The number of thiophene rings is 1. The number of rotatable bonds is 3. The Morgan fingerprint density at radius 1 is 1.53 bits per heavy atom. The van der Waals surface area contributed by atoms with Crippen LogP contribution in [0.15, 0.2) is 11.4 Å². The number of nitrogens with zero attached hydrogens (tertiary/aromatic N) is 1. The van der Waals surface area contributed by atoms with Crippen molar-refractivity contribution >= 4 is 17.3 Å². The molecule has 3 atom stereocenters. The number of hydrogen-bond acceptors (Lipinski definition) is 3. The van der Waals surface area contributed by atoms with Gasteiger partial charge in [-0.1, -0.05) is 19.8 Å². The molecule has 2 heterocycles. The molecule has 1 aliphatic heterocycles. The summed E-state index contributed by atoms with van der Waals surface area (Å²) < 4.78 is 0. The maximum absolute atomic E-state index is 11.7. The van der Waals surface area contributed by atoms with Crippen molar-refractivity contribution in [1.82, 2.24) is 4.90 Å². The van der Waals surface area contributed by atoms with Gasteiger partial charge in [-0.2, -0.15) is 0 Å². The molecule has 0 saturated heterocycles. The van der Waals surface area contributed by atoms with E-state index in [4.69, 9.17) is 0 Å². The number of fused-ring (bicyclic) bond motifs is 1. The average molecular weight is 279 g/mol. The average Bonchev–Trinajstić information content (AvgIpc) is 3.05. The van der Waals surface area contributed by atoms with Gasteiger partial charge >= 0.3 is 5.97 Å². The molecule has 0 bridgehead atoms. The first-order valence-corrected chi connectivity index (χ1v) is 8.15. The van der Waals surface area contributed by atoms with Gasteiger partial charge in [0.15, 0.2) is 0 Å². The monoisotopic (exact) mass is 279 g/mol. The first-order chi connectivity index (χ1) is 9.22. The molecule has 0 amide bonds. The van der Waals surface area contributed by atoms with Gasteiger partial charge < -0.3 is 5.11 Å². The highest BCUT2D eigenvalue weighted by molar-refractivity contribution is 7.10. The first kappa shape index (κ1) is 13.1. The van der Waals surface area contributed by atoms with Crippen LogP contribution in [-0.4, -0.2) is 28.6 Å². The van der Waals surface area contributed by atoms with Crippen molar-refractivity contribution in [3.05, 3.63) is 21.9 Å². The van der Waals surface area contributed by atoms with Gasteiger partial charge in [0.25, 0.3) is 0 Å². The second kappa shape index (κ2) is 5.25. The van der Waals surface area contributed by atoms with Gasteiger partial charge in [-0.05, 0) is 42.2 Å². The fourth-order valence-corrected chi connectivity index (χ4v) is 4.80.